The van der Waals surface area contributed by atoms with Crippen molar-refractivity contribution in [2.24, 2.45) is 0 Å². The first-order valence-corrected chi connectivity index (χ1v) is 8.63. The lowest BCUT2D eigenvalue weighted by Gasteiger charge is -2.35. The highest BCUT2D eigenvalue weighted by Crippen LogP contribution is 2.52. The lowest BCUT2D eigenvalue weighted by atomic mass is 9.97. The number of hydrogen-bond acceptors (Lipinski definition) is 4. The van der Waals surface area contributed by atoms with Gasteiger partial charge in [-0.2, -0.15) is 35.1 Å². The normalized spacial score (nSPS) is 12.9. The van der Waals surface area contributed by atoms with Crippen LogP contribution in [0.2, 0.25) is 0 Å². The zero-order chi connectivity index (χ0) is 24.2. The van der Waals surface area contributed by atoms with E-state index in [1.54, 1.807) is 0 Å². The van der Waals surface area contributed by atoms with Crippen LogP contribution in [0, 0.1) is 0 Å². The lowest BCUT2D eigenvalue weighted by Crippen LogP contribution is -2.68. The highest BCUT2D eigenvalue weighted by molar-refractivity contribution is 5.87. The molecule has 0 aliphatic carbocycles. The summed E-state index contributed by atoms with van der Waals surface area (Å²) in [6.07, 6.45) is 2.32. The summed E-state index contributed by atoms with van der Waals surface area (Å²) in [5, 5.41) is 2.45. The van der Waals surface area contributed by atoms with E-state index in [2.05, 4.69) is 9.97 Å². The van der Waals surface area contributed by atoms with Gasteiger partial charge in [-0.1, -0.05) is 12.1 Å². The number of amides is 2. The molecule has 0 bridgehead atoms. The van der Waals surface area contributed by atoms with Crippen LogP contribution in [0.4, 0.5) is 35.1 Å². The molecule has 0 fully saturated rings. The fourth-order valence-corrected chi connectivity index (χ4v) is 2.25. The van der Waals surface area contributed by atoms with Crippen LogP contribution < -0.4 is 10.6 Å². The van der Waals surface area contributed by atoms with Crippen molar-refractivity contribution >= 4 is 11.8 Å². The Bertz CT molecular complexity index is 865. The summed E-state index contributed by atoms with van der Waals surface area (Å²) >= 11 is 0. The fraction of sp³-hybridized carbons (Fsp3) is 0.333. The predicted molar refractivity (Wildman–Crippen MR) is 92.0 cm³/mol. The second-order valence-corrected chi connectivity index (χ2v) is 6.31. The van der Waals surface area contributed by atoms with Crippen LogP contribution >= 0.6 is 0 Å². The SMILES string of the molecule is O=C(NCc1ccccn1)C(F)(F)C(F)(F)C(F)(F)C(F)(F)C(=O)NCc1ccccn1. The third-order valence-corrected chi connectivity index (χ3v) is 4.07. The molecule has 0 aliphatic rings. The Morgan fingerprint density at radius 2 is 1.00 bits per heavy atom. The smallest absolute Gasteiger partial charge is 0.345 e. The van der Waals surface area contributed by atoms with E-state index < -0.39 is 48.6 Å². The molecule has 0 saturated carbocycles. The molecule has 2 rings (SSSR count). The van der Waals surface area contributed by atoms with Crippen molar-refractivity contribution in [3.8, 4) is 0 Å². The van der Waals surface area contributed by atoms with Gasteiger partial charge in [-0.15, -0.1) is 0 Å². The Balaban J connectivity index is 2.18. The molecular weight excluding hydrogens is 456 g/mol. The third kappa shape index (κ3) is 4.62. The van der Waals surface area contributed by atoms with Crippen LogP contribution in [-0.4, -0.2) is 45.5 Å². The van der Waals surface area contributed by atoms with E-state index in [1.165, 1.54) is 47.0 Å². The highest BCUT2D eigenvalue weighted by Gasteiger charge is 2.84. The monoisotopic (exact) mass is 470 g/mol. The number of alkyl halides is 8. The van der Waals surface area contributed by atoms with E-state index in [0.29, 0.717) is 0 Å². The maximum atomic E-state index is 13.9. The van der Waals surface area contributed by atoms with E-state index in [0.717, 1.165) is 12.4 Å². The summed E-state index contributed by atoms with van der Waals surface area (Å²) < 4.78 is 111. The zero-order valence-electron chi connectivity index (χ0n) is 15.8. The van der Waals surface area contributed by atoms with Crippen LogP contribution in [-0.2, 0) is 22.7 Å². The van der Waals surface area contributed by atoms with Crippen molar-refractivity contribution in [2.45, 2.75) is 36.8 Å². The Labute approximate surface area is 175 Å². The van der Waals surface area contributed by atoms with Gasteiger partial charge in [-0.25, -0.2) is 0 Å². The maximum Gasteiger partial charge on any atom is 0.392 e. The van der Waals surface area contributed by atoms with Gasteiger partial charge in [0, 0.05) is 12.4 Å². The minimum atomic E-state index is -6.94. The standard InChI is InChI=1S/C18H14F8N4O2/c19-15(20,13(31)29-9-11-5-1-3-7-27-11)17(23,24)18(25,26)16(21,22)14(32)30-10-12-6-2-4-8-28-12/h1-8H,9-10H2,(H,29,31)(H,30,32). The van der Waals surface area contributed by atoms with E-state index in [4.69, 9.17) is 0 Å². The molecule has 32 heavy (non-hydrogen) atoms. The zero-order valence-corrected chi connectivity index (χ0v) is 15.8. The van der Waals surface area contributed by atoms with Crippen LogP contribution in [0.25, 0.3) is 0 Å². The molecule has 0 saturated heterocycles. The molecule has 14 heteroatoms. The molecule has 0 aliphatic heterocycles. The molecule has 2 aromatic heterocycles. The topological polar surface area (TPSA) is 84.0 Å². The van der Waals surface area contributed by atoms with Gasteiger partial charge in [-0.05, 0) is 24.3 Å². The number of aromatic nitrogens is 2. The summed E-state index contributed by atoms with van der Waals surface area (Å²) in [7, 11) is 0. The number of nitrogens with one attached hydrogen (secondary N) is 2. The molecule has 0 unspecified atom stereocenters. The van der Waals surface area contributed by atoms with Crippen molar-refractivity contribution in [1.29, 1.82) is 0 Å². The Kier molecular flexibility index (Phi) is 7.05. The molecule has 2 aromatic rings. The molecule has 2 amide bonds. The Hall–Kier alpha value is -3.32. The van der Waals surface area contributed by atoms with Gasteiger partial charge in [0.1, 0.15) is 0 Å². The first kappa shape index (κ1) is 24.9. The molecule has 0 aromatic carbocycles. The van der Waals surface area contributed by atoms with E-state index in [1.807, 2.05) is 0 Å². The molecule has 0 spiro atoms. The number of carbonyl (C=O) groups excluding carboxylic acids is 2. The number of pyridine rings is 2. The second-order valence-electron chi connectivity index (χ2n) is 6.31. The second kappa shape index (κ2) is 9.04. The van der Waals surface area contributed by atoms with Gasteiger partial charge < -0.3 is 10.6 Å². The van der Waals surface area contributed by atoms with Crippen molar-refractivity contribution in [1.82, 2.24) is 20.6 Å². The molecule has 0 atom stereocenters. The average molecular weight is 470 g/mol. The number of rotatable bonds is 9. The van der Waals surface area contributed by atoms with Crippen LogP contribution in [0.3, 0.4) is 0 Å². The summed E-state index contributed by atoms with van der Waals surface area (Å²) in [5.74, 6) is -32.4. The van der Waals surface area contributed by atoms with Crippen molar-refractivity contribution in [3.63, 3.8) is 0 Å². The molecule has 2 heterocycles. The van der Waals surface area contributed by atoms with Crippen molar-refractivity contribution in [2.75, 3.05) is 0 Å². The van der Waals surface area contributed by atoms with E-state index in [-0.39, 0.29) is 11.4 Å². The number of carbonyl (C=O) groups is 2. The van der Waals surface area contributed by atoms with Gasteiger partial charge >= 0.3 is 23.7 Å². The summed E-state index contributed by atoms with van der Waals surface area (Å²) in [4.78, 5) is 30.1. The Morgan fingerprint density at radius 1 is 0.656 bits per heavy atom. The molecule has 6 nitrogen and oxygen atoms in total. The fourth-order valence-electron chi connectivity index (χ4n) is 2.25. The molecule has 174 valence electrons. The van der Waals surface area contributed by atoms with E-state index >= 15 is 0 Å². The van der Waals surface area contributed by atoms with Gasteiger partial charge in [0.2, 0.25) is 0 Å². The quantitative estimate of drug-likeness (QED) is 0.553. The van der Waals surface area contributed by atoms with Crippen LogP contribution in [0.5, 0.6) is 0 Å². The van der Waals surface area contributed by atoms with Crippen molar-refractivity contribution in [3.05, 3.63) is 60.2 Å². The third-order valence-electron chi connectivity index (χ3n) is 4.07. The largest absolute Gasteiger partial charge is 0.392 e. The number of halogens is 8. The molecule has 2 N–H and O–H groups in total. The first-order valence-electron chi connectivity index (χ1n) is 8.63. The predicted octanol–water partition coefficient (Wildman–Crippen LogP) is 2.95. The lowest BCUT2D eigenvalue weighted by molar-refractivity contribution is -0.347. The van der Waals surface area contributed by atoms with E-state index in [9.17, 15) is 44.7 Å². The van der Waals surface area contributed by atoms with Crippen LogP contribution in [0.15, 0.2) is 48.8 Å². The molecule has 0 radical (unpaired) electrons. The first-order chi connectivity index (χ1) is 14.7. The summed E-state index contributed by atoms with van der Waals surface area (Å²) in [6, 6.07) is 7.86. The van der Waals surface area contributed by atoms with Gasteiger partial charge in [0.25, 0.3) is 11.8 Å². The average Bonchev–Trinajstić information content (AvgIpc) is 2.76. The van der Waals surface area contributed by atoms with Gasteiger partial charge in [0.05, 0.1) is 24.5 Å². The number of nitrogens with zero attached hydrogens (tertiary/aromatic N) is 2. The van der Waals surface area contributed by atoms with Gasteiger partial charge in [-0.3, -0.25) is 19.6 Å². The number of hydrogen-bond donors (Lipinski definition) is 2. The highest BCUT2D eigenvalue weighted by atomic mass is 19.4. The molecular formula is C18H14F8N4O2. The minimum Gasteiger partial charge on any atom is -0.345 e. The maximum absolute atomic E-state index is 13.9. The Morgan fingerprint density at radius 3 is 1.28 bits per heavy atom. The van der Waals surface area contributed by atoms with Crippen molar-refractivity contribution < 1.29 is 44.7 Å². The summed E-state index contributed by atoms with van der Waals surface area (Å²) in [5.41, 5.74) is -0.211. The van der Waals surface area contributed by atoms with Gasteiger partial charge in [0.15, 0.2) is 0 Å². The summed E-state index contributed by atoms with van der Waals surface area (Å²) in [6.45, 7) is -1.75. The van der Waals surface area contributed by atoms with Crippen LogP contribution in [0.1, 0.15) is 11.4 Å². The minimum absolute atomic E-state index is 0.106.